The predicted octanol–water partition coefficient (Wildman–Crippen LogP) is 1.41. The van der Waals surface area contributed by atoms with Crippen molar-refractivity contribution in [3.63, 3.8) is 0 Å². The fraction of sp³-hybridized carbons (Fsp3) is 0.250. The molecule has 0 radical (unpaired) electrons. The van der Waals surface area contributed by atoms with Crippen molar-refractivity contribution >= 4 is 18.7 Å². The minimum absolute atomic E-state index is 0.0301. The van der Waals surface area contributed by atoms with Crippen molar-refractivity contribution in [3.05, 3.63) is 77.2 Å². The maximum Gasteiger partial charge on any atom is 0.475 e. The van der Waals surface area contributed by atoms with E-state index < -0.39 is 36.5 Å². The molecule has 1 amide bonds. The summed E-state index contributed by atoms with van der Waals surface area (Å²) < 4.78 is 52.0. The van der Waals surface area contributed by atoms with Gasteiger partial charge in [0.05, 0.1) is 17.2 Å². The molecular weight excluding hydrogens is 431 g/mol. The zero-order chi connectivity index (χ0) is 23.9. The van der Waals surface area contributed by atoms with Gasteiger partial charge in [-0.15, -0.1) is 0 Å². The third-order valence-electron chi connectivity index (χ3n) is 4.51. The number of benzene rings is 2. The number of nitrogens with one attached hydrogen (secondary N) is 1. The Labute approximate surface area is 182 Å². The second-order valence-corrected chi connectivity index (χ2v) is 7.04. The van der Waals surface area contributed by atoms with Gasteiger partial charge in [-0.2, -0.15) is 13.2 Å². The number of amides is 1. The molecule has 0 spiro atoms. The van der Waals surface area contributed by atoms with Crippen molar-refractivity contribution in [3.8, 4) is 0 Å². The Kier molecular flexibility index (Phi) is 8.64. The van der Waals surface area contributed by atoms with Crippen molar-refractivity contribution in [1.82, 2.24) is 10.3 Å². The smallest absolute Gasteiger partial charge is 0.426 e. The second-order valence-electron chi connectivity index (χ2n) is 7.04. The SMILES string of the molecule is N/C(=C\N(N)CCC(=O)N[C@@H](Cc1ccc(F)c(C(F)(F)F)c1)B(O)O)c1ccccc1. The van der Waals surface area contributed by atoms with Crippen LogP contribution in [0.3, 0.4) is 0 Å². The number of hydrogen-bond donors (Lipinski definition) is 5. The van der Waals surface area contributed by atoms with E-state index in [4.69, 9.17) is 11.6 Å². The Morgan fingerprint density at radius 2 is 1.84 bits per heavy atom. The first-order valence-electron chi connectivity index (χ1n) is 9.52. The van der Waals surface area contributed by atoms with E-state index in [0.29, 0.717) is 17.8 Å². The molecule has 1 atom stereocenters. The maximum atomic E-state index is 13.4. The van der Waals surface area contributed by atoms with E-state index in [2.05, 4.69) is 5.32 Å². The Balaban J connectivity index is 1.96. The molecule has 0 aliphatic heterocycles. The minimum Gasteiger partial charge on any atom is -0.426 e. The molecule has 0 bridgehead atoms. The highest BCUT2D eigenvalue weighted by molar-refractivity contribution is 6.43. The molecular formula is C20H23BF4N4O3. The van der Waals surface area contributed by atoms with Crippen molar-refractivity contribution < 1.29 is 32.4 Å². The lowest BCUT2D eigenvalue weighted by molar-refractivity contribution is -0.140. The summed E-state index contributed by atoms with van der Waals surface area (Å²) in [6.45, 7) is 0.0301. The Hall–Kier alpha value is -3.09. The number of rotatable bonds is 9. The van der Waals surface area contributed by atoms with E-state index in [1.54, 1.807) is 24.3 Å². The lowest BCUT2D eigenvalue weighted by Crippen LogP contribution is -2.48. The summed E-state index contributed by atoms with van der Waals surface area (Å²) in [6, 6.07) is 11.2. The van der Waals surface area contributed by atoms with Crippen LogP contribution in [0.4, 0.5) is 17.6 Å². The van der Waals surface area contributed by atoms with Crippen LogP contribution in [0.1, 0.15) is 23.1 Å². The number of hydrogen-bond acceptors (Lipinski definition) is 6. The summed E-state index contributed by atoms with van der Waals surface area (Å²) in [5, 5.41) is 22.5. The largest absolute Gasteiger partial charge is 0.475 e. The highest BCUT2D eigenvalue weighted by Crippen LogP contribution is 2.32. The molecule has 0 heterocycles. The normalized spacial score (nSPS) is 12.9. The van der Waals surface area contributed by atoms with Crippen LogP contribution in [-0.4, -0.2) is 40.6 Å². The second kappa shape index (κ2) is 11.0. The first kappa shape index (κ1) is 25.2. The fourth-order valence-corrected chi connectivity index (χ4v) is 2.86. The molecule has 7 nitrogen and oxygen atoms in total. The van der Waals surface area contributed by atoms with Crippen LogP contribution in [0.15, 0.2) is 54.7 Å². The molecule has 2 rings (SSSR count). The van der Waals surface area contributed by atoms with E-state index in [1.807, 2.05) is 6.07 Å². The zero-order valence-corrected chi connectivity index (χ0v) is 16.9. The van der Waals surface area contributed by atoms with Crippen molar-refractivity contribution in [1.29, 1.82) is 0 Å². The summed E-state index contributed by atoms with van der Waals surface area (Å²) in [5.74, 6) is 2.42. The van der Waals surface area contributed by atoms with Gasteiger partial charge in [-0.25, -0.2) is 10.2 Å². The van der Waals surface area contributed by atoms with Gasteiger partial charge >= 0.3 is 13.3 Å². The fourth-order valence-electron chi connectivity index (χ4n) is 2.86. The molecule has 172 valence electrons. The summed E-state index contributed by atoms with van der Waals surface area (Å²) in [6.07, 6.45) is -4.00. The first-order valence-corrected chi connectivity index (χ1v) is 9.52. The molecule has 7 N–H and O–H groups in total. The van der Waals surface area contributed by atoms with Crippen molar-refractivity contribution in [2.45, 2.75) is 25.0 Å². The third-order valence-corrected chi connectivity index (χ3v) is 4.51. The lowest BCUT2D eigenvalue weighted by Gasteiger charge is -2.20. The van der Waals surface area contributed by atoms with Crippen LogP contribution in [-0.2, 0) is 17.4 Å². The molecule has 0 saturated heterocycles. The number of hydrazine groups is 1. The zero-order valence-electron chi connectivity index (χ0n) is 16.9. The van der Waals surface area contributed by atoms with Gasteiger partial charge < -0.3 is 26.1 Å². The van der Waals surface area contributed by atoms with Crippen molar-refractivity contribution in [2.75, 3.05) is 6.54 Å². The molecule has 0 unspecified atom stereocenters. The number of halogens is 4. The molecule has 0 aliphatic rings. The van der Waals surface area contributed by atoms with Crippen LogP contribution >= 0.6 is 0 Å². The monoisotopic (exact) mass is 454 g/mol. The first-order chi connectivity index (χ1) is 15.0. The van der Waals surface area contributed by atoms with E-state index in [1.165, 1.54) is 11.2 Å². The average Bonchev–Trinajstić information content (AvgIpc) is 2.72. The molecule has 12 heteroatoms. The van der Waals surface area contributed by atoms with Crippen LogP contribution in [0.5, 0.6) is 0 Å². The standard InChI is InChI=1S/C20H23BF4N4O3/c22-16-7-6-13(10-15(16)20(23,24)25)11-18(21(31)32)28-19(30)8-9-29(27)12-17(26)14-4-2-1-3-5-14/h1-7,10,12,18,31-32H,8-9,11,26-27H2,(H,28,30)/b17-12-/t18-/m0/s1. The van der Waals surface area contributed by atoms with Crippen LogP contribution in [0.25, 0.3) is 5.70 Å². The molecule has 32 heavy (non-hydrogen) atoms. The molecule has 2 aromatic rings. The van der Waals surface area contributed by atoms with Gasteiger partial charge in [-0.05, 0) is 29.7 Å². The highest BCUT2D eigenvalue weighted by Gasteiger charge is 2.35. The van der Waals surface area contributed by atoms with Crippen LogP contribution in [0, 0.1) is 5.82 Å². The van der Waals surface area contributed by atoms with Gasteiger partial charge in [0.25, 0.3) is 0 Å². The van der Waals surface area contributed by atoms with E-state index in [-0.39, 0.29) is 24.9 Å². The topological polar surface area (TPSA) is 125 Å². The van der Waals surface area contributed by atoms with E-state index in [0.717, 1.165) is 11.6 Å². The van der Waals surface area contributed by atoms with Gasteiger partial charge in [0, 0.05) is 19.2 Å². The summed E-state index contributed by atoms with van der Waals surface area (Å²) in [7, 11) is -2.05. The number of carbonyl (C=O) groups is 1. The predicted molar refractivity (Wildman–Crippen MR) is 111 cm³/mol. The summed E-state index contributed by atoms with van der Waals surface area (Å²) in [5.41, 5.74) is 5.52. The third kappa shape index (κ3) is 7.55. The molecule has 2 aromatic carbocycles. The molecule has 0 aliphatic carbocycles. The van der Waals surface area contributed by atoms with E-state index >= 15 is 0 Å². The van der Waals surface area contributed by atoms with E-state index in [9.17, 15) is 32.4 Å². The minimum atomic E-state index is -4.91. The van der Waals surface area contributed by atoms with Gasteiger partial charge in [0.2, 0.25) is 5.91 Å². The van der Waals surface area contributed by atoms with Gasteiger partial charge in [-0.1, -0.05) is 36.4 Å². The Morgan fingerprint density at radius 1 is 1.19 bits per heavy atom. The average molecular weight is 454 g/mol. The van der Waals surface area contributed by atoms with Crippen LogP contribution in [0.2, 0.25) is 0 Å². The molecule has 0 aromatic heterocycles. The number of alkyl halides is 3. The van der Waals surface area contributed by atoms with Gasteiger partial charge in [0.1, 0.15) is 5.82 Å². The number of carbonyl (C=O) groups excluding carboxylic acids is 1. The summed E-state index contributed by atoms with van der Waals surface area (Å²) in [4.78, 5) is 12.2. The van der Waals surface area contributed by atoms with Crippen molar-refractivity contribution in [2.24, 2.45) is 11.6 Å². The maximum absolute atomic E-state index is 13.4. The molecule has 0 fully saturated rings. The Morgan fingerprint density at radius 3 is 2.44 bits per heavy atom. The van der Waals surface area contributed by atoms with Gasteiger partial charge in [-0.3, -0.25) is 4.79 Å². The van der Waals surface area contributed by atoms with Crippen LogP contribution < -0.4 is 16.9 Å². The Bertz CT molecular complexity index is 942. The lowest BCUT2D eigenvalue weighted by atomic mass is 9.75. The number of nitrogens with two attached hydrogens (primary N) is 2. The summed E-state index contributed by atoms with van der Waals surface area (Å²) >= 11 is 0. The quantitative estimate of drug-likeness (QED) is 0.169. The van der Waals surface area contributed by atoms with Gasteiger partial charge in [0.15, 0.2) is 0 Å². The molecule has 0 saturated carbocycles. The highest BCUT2D eigenvalue weighted by atomic mass is 19.4. The number of nitrogens with zero attached hydrogens (tertiary/aromatic N) is 1.